The van der Waals surface area contributed by atoms with Crippen LogP contribution in [0, 0.1) is 0 Å². The molecule has 1 aromatic rings. The molecule has 20 heteroatoms. The fourth-order valence-electron chi connectivity index (χ4n) is 3.20. The number of nitrogens with one attached hydrogen (secondary N) is 4. The fraction of sp³-hybridized carbons (Fsp3) is 0.560. The van der Waals surface area contributed by atoms with Crippen LogP contribution in [0.1, 0.15) is 31.2 Å². The number of rotatable bonds is 17. The Balaban J connectivity index is 2.65. The Morgan fingerprint density at radius 3 is 1.87 bits per heavy atom. The fourth-order valence-corrected chi connectivity index (χ4v) is 4.29. The van der Waals surface area contributed by atoms with E-state index in [1.54, 1.807) is 30.3 Å². The molecule has 0 radical (unpaired) electrons. The number of amides is 4. The van der Waals surface area contributed by atoms with Crippen molar-refractivity contribution in [3.05, 3.63) is 35.9 Å². The molecule has 0 aliphatic heterocycles. The lowest BCUT2D eigenvalue weighted by molar-refractivity contribution is -0.175. The summed E-state index contributed by atoms with van der Waals surface area (Å²) in [5.41, 5.74) is 0.786. The van der Waals surface area contributed by atoms with Crippen molar-refractivity contribution in [3.63, 3.8) is 0 Å². The summed E-state index contributed by atoms with van der Waals surface area (Å²) in [5, 5.41) is 6.30. The van der Waals surface area contributed by atoms with Crippen LogP contribution in [0.15, 0.2) is 30.3 Å². The summed E-state index contributed by atoms with van der Waals surface area (Å²) in [6, 6.07) is 5.16. The lowest BCUT2D eigenvalue weighted by Gasteiger charge is -2.22. The number of thioether (sulfide) groups is 1. The zero-order valence-corrected chi connectivity index (χ0v) is 24.0. The second kappa shape index (κ2) is 18.3. The second-order valence-corrected chi connectivity index (χ2v) is 10.3. The Morgan fingerprint density at radius 2 is 1.29 bits per heavy atom. The Labute approximate surface area is 254 Å². The van der Waals surface area contributed by atoms with Crippen LogP contribution >= 0.6 is 11.8 Å². The number of unbranched alkanes of at least 4 members (excludes halogenated alkanes) is 2. The van der Waals surface area contributed by atoms with Gasteiger partial charge in [0.15, 0.2) is 0 Å². The molecule has 0 aliphatic rings. The highest BCUT2D eigenvalue weighted by Crippen LogP contribution is 2.18. The quantitative estimate of drug-likeness (QED) is 0.112. The minimum Gasteiger partial charge on any atom is -0.461 e. The van der Waals surface area contributed by atoms with Crippen LogP contribution < -0.4 is 21.3 Å². The van der Waals surface area contributed by atoms with E-state index in [0.29, 0.717) is 24.6 Å². The zero-order valence-electron chi connectivity index (χ0n) is 23.2. The van der Waals surface area contributed by atoms with Crippen LogP contribution in [0.2, 0.25) is 0 Å². The molecule has 0 bridgehead atoms. The van der Waals surface area contributed by atoms with E-state index in [2.05, 4.69) is 5.32 Å². The SMILES string of the molecule is O=C(CCCCCNC(=O)[C@H](CSC[C@H](CNC(=O)C(F)(F)F)NC(=O)C(F)(F)F)NC(=O)C(F)(F)F)OCc1ccccc1. The largest absolute Gasteiger partial charge is 0.471 e. The lowest BCUT2D eigenvalue weighted by atomic mass is 10.2. The van der Waals surface area contributed by atoms with E-state index in [0.717, 1.165) is 5.56 Å². The van der Waals surface area contributed by atoms with E-state index < -0.39 is 78.3 Å². The zero-order chi connectivity index (χ0) is 34.3. The molecule has 1 aromatic carbocycles. The molecule has 0 aliphatic carbocycles. The van der Waals surface area contributed by atoms with E-state index in [1.807, 2.05) is 0 Å². The molecule has 254 valence electrons. The Hall–Kier alpha value is -3.71. The Bertz CT molecular complexity index is 1130. The normalized spacial score (nSPS) is 13.3. The Kier molecular flexibility index (Phi) is 16.0. The summed E-state index contributed by atoms with van der Waals surface area (Å²) in [6.07, 6.45) is -15.2. The molecule has 0 saturated carbocycles. The molecule has 0 heterocycles. The van der Waals surface area contributed by atoms with Crippen LogP contribution in [0.3, 0.4) is 0 Å². The van der Waals surface area contributed by atoms with E-state index in [-0.39, 0.29) is 26.0 Å². The number of ether oxygens (including phenoxy) is 1. The van der Waals surface area contributed by atoms with E-state index in [9.17, 15) is 63.5 Å². The molecule has 4 N–H and O–H groups in total. The summed E-state index contributed by atoms with van der Waals surface area (Å²) in [4.78, 5) is 58.0. The number of carbonyl (C=O) groups excluding carboxylic acids is 5. The number of esters is 1. The van der Waals surface area contributed by atoms with E-state index in [1.165, 1.54) is 16.0 Å². The highest BCUT2D eigenvalue weighted by atomic mass is 32.2. The monoisotopic (exact) mass is 684 g/mol. The van der Waals surface area contributed by atoms with Crippen LogP contribution in [-0.2, 0) is 35.3 Å². The first-order chi connectivity index (χ1) is 20.8. The van der Waals surface area contributed by atoms with Gasteiger partial charge in [0.2, 0.25) is 5.91 Å². The predicted molar refractivity (Wildman–Crippen MR) is 140 cm³/mol. The van der Waals surface area contributed by atoms with Gasteiger partial charge in [-0.3, -0.25) is 24.0 Å². The van der Waals surface area contributed by atoms with Gasteiger partial charge in [-0.25, -0.2) is 0 Å². The number of benzene rings is 1. The van der Waals surface area contributed by atoms with Gasteiger partial charge in [0, 0.05) is 31.0 Å². The molecule has 1 rings (SSSR count). The minimum atomic E-state index is -5.46. The van der Waals surface area contributed by atoms with Crippen molar-refractivity contribution < 1.29 is 68.2 Å². The third kappa shape index (κ3) is 16.8. The number of carbonyl (C=O) groups is 5. The van der Waals surface area contributed by atoms with Crippen molar-refractivity contribution in [2.75, 3.05) is 24.6 Å². The van der Waals surface area contributed by atoms with Crippen molar-refractivity contribution in [2.45, 2.75) is 62.9 Å². The average Bonchev–Trinajstić information content (AvgIpc) is 2.94. The molecule has 0 spiro atoms. The Morgan fingerprint density at radius 1 is 0.711 bits per heavy atom. The molecule has 4 amide bonds. The van der Waals surface area contributed by atoms with Gasteiger partial charge >= 0.3 is 42.2 Å². The number of hydrogen-bond acceptors (Lipinski definition) is 7. The van der Waals surface area contributed by atoms with E-state index in [4.69, 9.17) is 4.74 Å². The molecular weight excluding hydrogens is 655 g/mol. The summed E-state index contributed by atoms with van der Waals surface area (Å²) >= 11 is 0.407. The maximum Gasteiger partial charge on any atom is 0.471 e. The van der Waals surface area contributed by atoms with Crippen LogP contribution in [0.5, 0.6) is 0 Å². The van der Waals surface area contributed by atoms with Crippen molar-refractivity contribution in [1.29, 1.82) is 0 Å². The number of hydrogen-bond donors (Lipinski definition) is 4. The lowest BCUT2D eigenvalue weighted by Crippen LogP contribution is -2.53. The minimum absolute atomic E-state index is 0.0527. The highest BCUT2D eigenvalue weighted by molar-refractivity contribution is 7.99. The first-order valence-corrected chi connectivity index (χ1v) is 14.1. The van der Waals surface area contributed by atoms with Gasteiger partial charge in [-0.15, -0.1) is 0 Å². The standard InChI is InChI=1S/C25H29F9N4O6S/c26-23(27,28)20(41)36-11-16(37-21(42)24(29,30)31)13-45-14-17(38-22(43)25(32,33)34)19(40)35-10-6-2-5-9-18(39)44-12-15-7-3-1-4-8-15/h1,3-4,7-8,16-17H,2,5-6,9-14H2,(H,35,40)(H,36,41)(H,37,42)(H,38,43)/t16-,17-/m0/s1. The second-order valence-electron chi connectivity index (χ2n) is 9.19. The van der Waals surface area contributed by atoms with E-state index >= 15 is 0 Å². The van der Waals surface area contributed by atoms with Gasteiger partial charge in [0.1, 0.15) is 12.6 Å². The van der Waals surface area contributed by atoms with Crippen LogP contribution in [-0.4, -0.2) is 84.8 Å². The third-order valence-corrected chi connectivity index (χ3v) is 6.65. The predicted octanol–water partition coefficient (Wildman–Crippen LogP) is 2.91. The first-order valence-electron chi connectivity index (χ1n) is 13.0. The highest BCUT2D eigenvalue weighted by Gasteiger charge is 2.42. The number of halogens is 9. The van der Waals surface area contributed by atoms with Crippen LogP contribution in [0.4, 0.5) is 39.5 Å². The van der Waals surface area contributed by atoms with Gasteiger partial charge in [0.05, 0.1) is 6.04 Å². The maximum atomic E-state index is 12.8. The number of alkyl halides is 9. The maximum absolute atomic E-state index is 12.8. The summed E-state index contributed by atoms with van der Waals surface area (Å²) < 4.78 is 119. The average molecular weight is 685 g/mol. The molecule has 0 aromatic heterocycles. The molecular formula is C25H29F9N4O6S. The molecule has 10 nitrogen and oxygen atoms in total. The topological polar surface area (TPSA) is 143 Å². The van der Waals surface area contributed by atoms with Gasteiger partial charge in [-0.1, -0.05) is 36.8 Å². The summed E-state index contributed by atoms with van der Waals surface area (Å²) in [7, 11) is 0. The molecule has 0 fully saturated rings. The molecule has 2 atom stereocenters. The van der Waals surface area contributed by atoms with Gasteiger partial charge in [-0.05, 0) is 18.4 Å². The van der Waals surface area contributed by atoms with Gasteiger partial charge < -0.3 is 26.0 Å². The van der Waals surface area contributed by atoms with Gasteiger partial charge in [0.25, 0.3) is 0 Å². The molecule has 45 heavy (non-hydrogen) atoms. The summed E-state index contributed by atoms with van der Waals surface area (Å²) in [5.74, 6) is -10.6. The molecule has 0 unspecified atom stereocenters. The third-order valence-electron chi connectivity index (χ3n) is 5.44. The van der Waals surface area contributed by atoms with Crippen molar-refractivity contribution in [3.8, 4) is 0 Å². The van der Waals surface area contributed by atoms with Gasteiger partial charge in [-0.2, -0.15) is 51.3 Å². The summed E-state index contributed by atoms with van der Waals surface area (Å²) in [6.45, 7) is -1.18. The van der Waals surface area contributed by atoms with Crippen molar-refractivity contribution >= 4 is 41.4 Å². The van der Waals surface area contributed by atoms with Crippen molar-refractivity contribution in [2.24, 2.45) is 0 Å². The first kappa shape index (κ1) is 39.3. The van der Waals surface area contributed by atoms with Crippen molar-refractivity contribution in [1.82, 2.24) is 21.3 Å². The molecule has 0 saturated heterocycles. The van der Waals surface area contributed by atoms with Crippen LogP contribution in [0.25, 0.3) is 0 Å². The smallest absolute Gasteiger partial charge is 0.461 e.